The van der Waals surface area contributed by atoms with Gasteiger partial charge in [0.1, 0.15) is 0 Å². The van der Waals surface area contributed by atoms with Crippen LogP contribution in [-0.2, 0) is 9.84 Å². The van der Waals surface area contributed by atoms with E-state index in [0.29, 0.717) is 13.0 Å². The lowest BCUT2D eigenvalue weighted by atomic mass is 10.2. The molecule has 1 unspecified atom stereocenters. The summed E-state index contributed by atoms with van der Waals surface area (Å²) in [5.74, 6) is 0.277. The maximum Gasteiger partial charge on any atom is 0.151 e. The van der Waals surface area contributed by atoms with Gasteiger partial charge in [0.05, 0.1) is 17.9 Å². The Morgan fingerprint density at radius 1 is 1.46 bits per heavy atom. The SMILES string of the molecule is CCC(C#N)NCCS(=O)(=O)CC. The molecule has 0 aliphatic heterocycles. The van der Waals surface area contributed by atoms with Crippen LogP contribution < -0.4 is 5.32 Å². The van der Waals surface area contributed by atoms with E-state index in [4.69, 9.17) is 5.26 Å². The molecular weight excluding hydrogens is 188 g/mol. The zero-order valence-electron chi connectivity index (χ0n) is 8.08. The van der Waals surface area contributed by atoms with Crippen molar-refractivity contribution in [2.75, 3.05) is 18.1 Å². The van der Waals surface area contributed by atoms with Crippen molar-refractivity contribution < 1.29 is 8.42 Å². The second-order valence-electron chi connectivity index (χ2n) is 2.78. The largest absolute Gasteiger partial charge is 0.301 e. The first-order valence-corrected chi connectivity index (χ1v) is 6.21. The van der Waals surface area contributed by atoms with Gasteiger partial charge in [-0.3, -0.25) is 0 Å². The van der Waals surface area contributed by atoms with Crippen LogP contribution in [-0.4, -0.2) is 32.5 Å². The molecule has 0 saturated carbocycles. The molecule has 0 bridgehead atoms. The van der Waals surface area contributed by atoms with E-state index in [1.807, 2.05) is 6.92 Å². The Hall–Kier alpha value is -0.600. The molecule has 0 radical (unpaired) electrons. The van der Waals surface area contributed by atoms with Crippen molar-refractivity contribution in [1.29, 1.82) is 5.26 Å². The topological polar surface area (TPSA) is 70.0 Å². The van der Waals surface area contributed by atoms with Gasteiger partial charge in [-0.2, -0.15) is 5.26 Å². The Bertz CT molecular complexity index is 266. The molecule has 0 aromatic carbocycles. The maximum absolute atomic E-state index is 11.0. The molecule has 4 nitrogen and oxygen atoms in total. The van der Waals surface area contributed by atoms with Crippen molar-refractivity contribution in [2.24, 2.45) is 0 Å². The predicted molar refractivity (Wildman–Crippen MR) is 52.0 cm³/mol. The second kappa shape index (κ2) is 5.95. The van der Waals surface area contributed by atoms with Gasteiger partial charge >= 0.3 is 0 Å². The Kier molecular flexibility index (Phi) is 5.67. The molecule has 13 heavy (non-hydrogen) atoms. The highest BCUT2D eigenvalue weighted by molar-refractivity contribution is 7.91. The molecule has 0 saturated heterocycles. The number of nitrogens with one attached hydrogen (secondary N) is 1. The molecule has 1 atom stereocenters. The van der Waals surface area contributed by atoms with E-state index in [-0.39, 0.29) is 17.5 Å². The van der Waals surface area contributed by atoms with E-state index in [2.05, 4.69) is 11.4 Å². The number of hydrogen-bond acceptors (Lipinski definition) is 4. The Labute approximate surface area is 79.9 Å². The molecule has 0 fully saturated rings. The molecule has 0 aliphatic carbocycles. The van der Waals surface area contributed by atoms with E-state index in [1.54, 1.807) is 6.92 Å². The Morgan fingerprint density at radius 3 is 2.46 bits per heavy atom. The van der Waals surface area contributed by atoms with Crippen molar-refractivity contribution in [3.05, 3.63) is 0 Å². The minimum atomic E-state index is -2.90. The minimum absolute atomic E-state index is 0.113. The van der Waals surface area contributed by atoms with Gasteiger partial charge < -0.3 is 5.32 Å². The number of sulfone groups is 1. The Balaban J connectivity index is 3.75. The van der Waals surface area contributed by atoms with E-state index in [9.17, 15) is 8.42 Å². The van der Waals surface area contributed by atoms with Crippen molar-refractivity contribution in [1.82, 2.24) is 5.32 Å². The number of rotatable bonds is 6. The third-order valence-corrected chi connectivity index (χ3v) is 3.51. The quantitative estimate of drug-likeness (QED) is 0.676. The van der Waals surface area contributed by atoms with Gasteiger partial charge in [0.2, 0.25) is 0 Å². The monoisotopic (exact) mass is 204 g/mol. The van der Waals surface area contributed by atoms with Crippen LogP contribution in [0.15, 0.2) is 0 Å². The molecule has 5 heteroatoms. The van der Waals surface area contributed by atoms with Gasteiger partial charge in [0, 0.05) is 12.3 Å². The fourth-order valence-electron chi connectivity index (χ4n) is 0.814. The van der Waals surface area contributed by atoms with Crippen LogP contribution >= 0.6 is 0 Å². The standard InChI is InChI=1S/C8H16N2O2S/c1-3-8(7-9)10-5-6-13(11,12)4-2/h8,10H,3-6H2,1-2H3. The smallest absolute Gasteiger partial charge is 0.151 e. The van der Waals surface area contributed by atoms with Gasteiger partial charge in [0.25, 0.3) is 0 Å². The van der Waals surface area contributed by atoms with Crippen LogP contribution in [0.25, 0.3) is 0 Å². The highest BCUT2D eigenvalue weighted by Crippen LogP contribution is 1.90. The Morgan fingerprint density at radius 2 is 2.08 bits per heavy atom. The van der Waals surface area contributed by atoms with E-state index < -0.39 is 9.84 Å². The van der Waals surface area contributed by atoms with Crippen LogP contribution in [0.5, 0.6) is 0 Å². The molecule has 1 N–H and O–H groups in total. The first-order valence-electron chi connectivity index (χ1n) is 4.39. The predicted octanol–water partition coefficient (Wildman–Crippen LogP) is 0.313. The molecule has 0 rings (SSSR count). The number of nitriles is 1. The third-order valence-electron chi connectivity index (χ3n) is 1.81. The average molecular weight is 204 g/mol. The first-order chi connectivity index (χ1) is 6.05. The molecule has 0 aromatic heterocycles. The summed E-state index contributed by atoms with van der Waals surface area (Å²) in [6, 6.07) is 1.82. The van der Waals surface area contributed by atoms with E-state index in [1.165, 1.54) is 0 Å². The summed E-state index contributed by atoms with van der Waals surface area (Å²) in [6.07, 6.45) is 0.697. The summed E-state index contributed by atoms with van der Waals surface area (Å²) in [7, 11) is -2.90. The lowest BCUT2D eigenvalue weighted by Gasteiger charge is -2.07. The van der Waals surface area contributed by atoms with Gasteiger partial charge in [-0.05, 0) is 6.42 Å². The van der Waals surface area contributed by atoms with Crippen LogP contribution in [0.3, 0.4) is 0 Å². The molecule has 0 aliphatic rings. The van der Waals surface area contributed by atoms with Gasteiger partial charge in [-0.1, -0.05) is 13.8 Å². The lowest BCUT2D eigenvalue weighted by molar-refractivity contribution is 0.578. The molecule has 0 amide bonds. The molecular formula is C8H16N2O2S. The van der Waals surface area contributed by atoms with Crippen molar-refractivity contribution in [3.8, 4) is 6.07 Å². The average Bonchev–Trinajstić information content (AvgIpc) is 2.12. The summed E-state index contributed by atoms with van der Waals surface area (Å²) in [4.78, 5) is 0. The van der Waals surface area contributed by atoms with Crippen molar-refractivity contribution >= 4 is 9.84 Å². The van der Waals surface area contributed by atoms with Crippen molar-refractivity contribution in [3.63, 3.8) is 0 Å². The van der Waals surface area contributed by atoms with Gasteiger partial charge in [-0.15, -0.1) is 0 Å². The maximum atomic E-state index is 11.0. The first kappa shape index (κ1) is 12.4. The fraction of sp³-hybridized carbons (Fsp3) is 0.875. The zero-order valence-corrected chi connectivity index (χ0v) is 8.89. The summed E-state index contributed by atoms with van der Waals surface area (Å²) < 4.78 is 22.1. The van der Waals surface area contributed by atoms with E-state index >= 15 is 0 Å². The van der Waals surface area contributed by atoms with Gasteiger partial charge in [-0.25, -0.2) is 8.42 Å². The van der Waals surface area contributed by atoms with Crippen LogP contribution in [0.4, 0.5) is 0 Å². The highest BCUT2D eigenvalue weighted by atomic mass is 32.2. The summed E-state index contributed by atoms with van der Waals surface area (Å²) in [5.41, 5.74) is 0. The second-order valence-corrected chi connectivity index (χ2v) is 5.25. The van der Waals surface area contributed by atoms with Crippen LogP contribution in [0.1, 0.15) is 20.3 Å². The summed E-state index contributed by atoms with van der Waals surface area (Å²) in [5, 5.41) is 11.4. The third kappa shape index (κ3) is 5.61. The number of hydrogen-bond donors (Lipinski definition) is 1. The summed E-state index contributed by atoms with van der Waals surface area (Å²) in [6.45, 7) is 3.87. The van der Waals surface area contributed by atoms with Crippen LogP contribution in [0, 0.1) is 11.3 Å². The molecule has 76 valence electrons. The highest BCUT2D eigenvalue weighted by Gasteiger charge is 2.08. The van der Waals surface area contributed by atoms with Crippen LogP contribution in [0.2, 0.25) is 0 Å². The molecule has 0 heterocycles. The number of nitrogens with zero attached hydrogens (tertiary/aromatic N) is 1. The minimum Gasteiger partial charge on any atom is -0.301 e. The molecule has 0 aromatic rings. The van der Waals surface area contributed by atoms with E-state index in [0.717, 1.165) is 0 Å². The molecule has 0 spiro atoms. The lowest BCUT2D eigenvalue weighted by Crippen LogP contribution is -2.31. The van der Waals surface area contributed by atoms with Gasteiger partial charge in [0.15, 0.2) is 9.84 Å². The zero-order chi connectivity index (χ0) is 10.3. The normalized spacial score (nSPS) is 13.6. The fourth-order valence-corrected chi connectivity index (χ4v) is 1.53. The van der Waals surface area contributed by atoms with Crippen molar-refractivity contribution in [2.45, 2.75) is 26.3 Å². The summed E-state index contributed by atoms with van der Waals surface area (Å²) >= 11 is 0.